The molecule has 0 aliphatic heterocycles. The van der Waals surface area contributed by atoms with E-state index < -0.39 is 0 Å². The Morgan fingerprint density at radius 1 is 1.56 bits per heavy atom. The molecule has 4 heteroatoms. The molecule has 1 rings (SSSR count). The molecule has 1 fully saturated rings. The van der Waals surface area contributed by atoms with Crippen molar-refractivity contribution in [3.05, 3.63) is 0 Å². The van der Waals surface area contributed by atoms with Gasteiger partial charge in [-0.15, -0.1) is 0 Å². The topological polar surface area (TPSA) is 50.4 Å². The van der Waals surface area contributed by atoms with Crippen molar-refractivity contribution in [2.75, 3.05) is 20.3 Å². The molecular formula is C12H24N2O2. The highest BCUT2D eigenvalue weighted by atomic mass is 16.5. The molecule has 0 aromatic heterocycles. The highest BCUT2D eigenvalue weighted by molar-refractivity contribution is 5.81. The van der Waals surface area contributed by atoms with Gasteiger partial charge in [-0.2, -0.15) is 0 Å². The van der Waals surface area contributed by atoms with Gasteiger partial charge in [0.05, 0.1) is 6.04 Å². The highest BCUT2D eigenvalue weighted by Gasteiger charge is 2.36. The number of hydrogen-bond acceptors (Lipinski definition) is 3. The lowest BCUT2D eigenvalue weighted by molar-refractivity contribution is -0.122. The first-order valence-electron chi connectivity index (χ1n) is 6.21. The van der Waals surface area contributed by atoms with E-state index in [1.54, 1.807) is 7.11 Å². The Bertz CT molecular complexity index is 221. The normalized spacial score (nSPS) is 25.2. The van der Waals surface area contributed by atoms with Crippen LogP contribution in [0.3, 0.4) is 0 Å². The minimum absolute atomic E-state index is 0.0795. The van der Waals surface area contributed by atoms with Crippen LogP contribution < -0.4 is 10.6 Å². The van der Waals surface area contributed by atoms with Crippen molar-refractivity contribution in [1.82, 2.24) is 10.6 Å². The van der Waals surface area contributed by atoms with Crippen LogP contribution >= 0.6 is 0 Å². The van der Waals surface area contributed by atoms with Crippen LogP contribution in [0.2, 0.25) is 0 Å². The number of rotatable bonds is 8. The minimum Gasteiger partial charge on any atom is -0.385 e. The Balaban J connectivity index is 2.06. The standard InChI is InChI=1S/C12H24N2O2/c1-4-10-8-11(10)14-9(2)12(15)13-6-5-7-16-3/h9-11,14H,4-8H2,1-3H3,(H,13,15). The first-order chi connectivity index (χ1) is 7.69. The number of nitrogens with one attached hydrogen (secondary N) is 2. The first-order valence-corrected chi connectivity index (χ1v) is 6.21. The van der Waals surface area contributed by atoms with E-state index in [1.807, 2.05) is 6.92 Å². The van der Waals surface area contributed by atoms with Gasteiger partial charge < -0.3 is 15.4 Å². The van der Waals surface area contributed by atoms with Crippen LogP contribution in [0.4, 0.5) is 0 Å². The summed E-state index contributed by atoms with van der Waals surface area (Å²) in [7, 11) is 1.67. The summed E-state index contributed by atoms with van der Waals surface area (Å²) in [4.78, 5) is 11.7. The zero-order valence-corrected chi connectivity index (χ0v) is 10.6. The van der Waals surface area contributed by atoms with Gasteiger partial charge in [0.15, 0.2) is 0 Å². The maximum absolute atomic E-state index is 11.7. The fraction of sp³-hybridized carbons (Fsp3) is 0.917. The number of hydrogen-bond donors (Lipinski definition) is 2. The molecule has 1 aliphatic carbocycles. The van der Waals surface area contributed by atoms with Crippen molar-refractivity contribution in [1.29, 1.82) is 0 Å². The Morgan fingerprint density at radius 2 is 2.31 bits per heavy atom. The number of carbonyl (C=O) groups is 1. The van der Waals surface area contributed by atoms with Gasteiger partial charge in [0.2, 0.25) is 5.91 Å². The molecule has 1 amide bonds. The van der Waals surface area contributed by atoms with Crippen molar-refractivity contribution in [2.45, 2.75) is 45.2 Å². The molecule has 0 bridgehead atoms. The molecule has 3 unspecified atom stereocenters. The van der Waals surface area contributed by atoms with Gasteiger partial charge >= 0.3 is 0 Å². The third kappa shape index (κ3) is 4.49. The van der Waals surface area contributed by atoms with E-state index >= 15 is 0 Å². The van der Waals surface area contributed by atoms with E-state index in [9.17, 15) is 4.79 Å². The Kier molecular flexibility index (Phi) is 5.77. The van der Waals surface area contributed by atoms with Gasteiger partial charge in [0.1, 0.15) is 0 Å². The molecule has 0 saturated heterocycles. The van der Waals surface area contributed by atoms with Crippen molar-refractivity contribution >= 4 is 5.91 Å². The van der Waals surface area contributed by atoms with Crippen molar-refractivity contribution in [3.8, 4) is 0 Å². The molecule has 3 atom stereocenters. The van der Waals surface area contributed by atoms with Crippen molar-refractivity contribution in [2.24, 2.45) is 5.92 Å². The van der Waals surface area contributed by atoms with Crippen LogP contribution in [-0.2, 0) is 9.53 Å². The van der Waals surface area contributed by atoms with E-state index in [2.05, 4.69) is 17.6 Å². The molecule has 1 aliphatic rings. The third-order valence-electron chi connectivity index (χ3n) is 3.13. The van der Waals surface area contributed by atoms with E-state index in [0.29, 0.717) is 19.2 Å². The lowest BCUT2D eigenvalue weighted by Crippen LogP contribution is -2.43. The molecule has 2 N–H and O–H groups in total. The molecular weight excluding hydrogens is 204 g/mol. The first kappa shape index (κ1) is 13.5. The molecule has 1 saturated carbocycles. The summed E-state index contributed by atoms with van der Waals surface area (Å²) in [5.41, 5.74) is 0. The minimum atomic E-state index is -0.0795. The van der Waals surface area contributed by atoms with Crippen molar-refractivity contribution < 1.29 is 9.53 Å². The maximum atomic E-state index is 11.7. The SMILES string of the molecule is CCC1CC1NC(C)C(=O)NCCCOC. The Labute approximate surface area is 98.1 Å². The molecule has 0 aromatic carbocycles. The average molecular weight is 228 g/mol. The van der Waals surface area contributed by atoms with Gasteiger partial charge in [0.25, 0.3) is 0 Å². The van der Waals surface area contributed by atoms with E-state index in [1.165, 1.54) is 12.8 Å². The van der Waals surface area contributed by atoms with Gasteiger partial charge in [-0.1, -0.05) is 13.3 Å². The predicted octanol–water partition coefficient (Wildman–Crippen LogP) is 0.916. The largest absolute Gasteiger partial charge is 0.385 e. The summed E-state index contributed by atoms with van der Waals surface area (Å²) in [6, 6.07) is 0.480. The van der Waals surface area contributed by atoms with Gasteiger partial charge in [0, 0.05) is 26.3 Å². The molecule has 0 spiro atoms. The zero-order valence-electron chi connectivity index (χ0n) is 10.6. The fourth-order valence-electron chi connectivity index (χ4n) is 1.88. The quantitative estimate of drug-likeness (QED) is 0.607. The lowest BCUT2D eigenvalue weighted by Gasteiger charge is -2.13. The van der Waals surface area contributed by atoms with Crippen LogP contribution in [0.1, 0.15) is 33.1 Å². The second kappa shape index (κ2) is 6.86. The summed E-state index contributed by atoms with van der Waals surface area (Å²) >= 11 is 0. The molecule has 16 heavy (non-hydrogen) atoms. The molecule has 94 valence electrons. The number of ether oxygens (including phenoxy) is 1. The summed E-state index contributed by atoms with van der Waals surface area (Å²) < 4.78 is 4.92. The van der Waals surface area contributed by atoms with Gasteiger partial charge in [-0.05, 0) is 25.7 Å². The Hall–Kier alpha value is -0.610. The summed E-state index contributed by atoms with van der Waals surface area (Å²) in [5.74, 6) is 0.876. The number of carbonyl (C=O) groups excluding carboxylic acids is 1. The second-order valence-corrected chi connectivity index (χ2v) is 4.54. The van der Waals surface area contributed by atoms with Crippen LogP contribution in [0, 0.1) is 5.92 Å². The molecule has 0 heterocycles. The van der Waals surface area contributed by atoms with Crippen molar-refractivity contribution in [3.63, 3.8) is 0 Å². The van der Waals surface area contributed by atoms with Crippen LogP contribution in [-0.4, -0.2) is 38.3 Å². The lowest BCUT2D eigenvalue weighted by atomic mass is 10.2. The molecule has 0 aromatic rings. The predicted molar refractivity (Wildman–Crippen MR) is 64.3 cm³/mol. The summed E-state index contributed by atoms with van der Waals surface area (Å²) in [5, 5.41) is 6.25. The van der Waals surface area contributed by atoms with E-state index in [-0.39, 0.29) is 11.9 Å². The van der Waals surface area contributed by atoms with E-state index in [0.717, 1.165) is 12.3 Å². The highest BCUT2D eigenvalue weighted by Crippen LogP contribution is 2.33. The summed E-state index contributed by atoms with van der Waals surface area (Å²) in [6.07, 6.45) is 3.30. The smallest absolute Gasteiger partial charge is 0.236 e. The van der Waals surface area contributed by atoms with Crippen LogP contribution in [0.5, 0.6) is 0 Å². The number of methoxy groups -OCH3 is 1. The fourth-order valence-corrected chi connectivity index (χ4v) is 1.88. The molecule has 4 nitrogen and oxygen atoms in total. The zero-order chi connectivity index (χ0) is 12.0. The van der Waals surface area contributed by atoms with Crippen LogP contribution in [0.15, 0.2) is 0 Å². The molecule has 0 radical (unpaired) electrons. The van der Waals surface area contributed by atoms with Crippen LogP contribution in [0.25, 0.3) is 0 Å². The average Bonchev–Trinajstić information content (AvgIpc) is 3.02. The van der Waals surface area contributed by atoms with E-state index in [4.69, 9.17) is 4.74 Å². The summed E-state index contributed by atoms with van der Waals surface area (Å²) in [6.45, 7) is 5.52. The monoisotopic (exact) mass is 228 g/mol. The van der Waals surface area contributed by atoms with Gasteiger partial charge in [-0.25, -0.2) is 0 Å². The third-order valence-corrected chi connectivity index (χ3v) is 3.13. The Morgan fingerprint density at radius 3 is 2.88 bits per heavy atom. The second-order valence-electron chi connectivity index (χ2n) is 4.54. The maximum Gasteiger partial charge on any atom is 0.236 e. The van der Waals surface area contributed by atoms with Gasteiger partial charge in [-0.3, -0.25) is 4.79 Å². The number of amides is 1.